The fourth-order valence-corrected chi connectivity index (χ4v) is 4.29. The molecular formula is C21H21F2N3O. The van der Waals surface area contributed by atoms with Crippen LogP contribution in [0.25, 0.3) is 0 Å². The average Bonchev–Trinajstić information content (AvgIpc) is 3.47. The normalized spacial score (nSPS) is 23.5. The summed E-state index contributed by atoms with van der Waals surface area (Å²) in [5.74, 6) is -0.348. The average molecular weight is 369 g/mol. The molecule has 2 aromatic carbocycles. The molecule has 1 saturated heterocycles. The van der Waals surface area contributed by atoms with Crippen LogP contribution in [0.1, 0.15) is 24.0 Å². The van der Waals surface area contributed by atoms with E-state index in [1.807, 2.05) is 19.2 Å². The number of fused-ring (bicyclic) bond motifs is 1. The topological polar surface area (TPSA) is 50.5 Å². The molecule has 1 N–H and O–H groups in total. The largest absolute Gasteiger partial charge is 0.392 e. The molecule has 1 saturated carbocycles. The summed E-state index contributed by atoms with van der Waals surface area (Å²) < 4.78 is 28.4. The van der Waals surface area contributed by atoms with E-state index in [-0.39, 0.29) is 24.5 Å². The molecule has 140 valence electrons. The number of benzene rings is 2. The number of hydrogen-bond donors (Lipinski definition) is 1. The Hall–Kier alpha value is -2.65. The van der Waals surface area contributed by atoms with Crippen molar-refractivity contribution in [2.24, 2.45) is 5.92 Å². The first-order chi connectivity index (χ1) is 13.0. The van der Waals surface area contributed by atoms with Crippen LogP contribution in [0.4, 0.5) is 20.2 Å². The zero-order chi connectivity index (χ0) is 19.1. The van der Waals surface area contributed by atoms with Gasteiger partial charge in [-0.25, -0.2) is 8.78 Å². The number of hydrogen-bond acceptors (Lipinski definition) is 4. The number of halogens is 2. The van der Waals surface area contributed by atoms with Gasteiger partial charge in [0, 0.05) is 42.8 Å². The molecule has 6 heteroatoms. The highest BCUT2D eigenvalue weighted by Gasteiger charge is 2.51. The van der Waals surface area contributed by atoms with Crippen LogP contribution in [0.2, 0.25) is 0 Å². The Labute approximate surface area is 157 Å². The Kier molecular flexibility index (Phi) is 4.48. The van der Waals surface area contributed by atoms with Crippen LogP contribution in [0.5, 0.6) is 0 Å². The van der Waals surface area contributed by atoms with Gasteiger partial charge >= 0.3 is 0 Å². The van der Waals surface area contributed by atoms with Gasteiger partial charge in [0.2, 0.25) is 0 Å². The molecule has 3 atom stereocenters. The van der Waals surface area contributed by atoms with Gasteiger partial charge in [-0.2, -0.15) is 5.26 Å². The molecule has 27 heavy (non-hydrogen) atoms. The zero-order valence-corrected chi connectivity index (χ0v) is 15.1. The second-order valence-corrected chi connectivity index (χ2v) is 7.34. The molecule has 4 rings (SSSR count). The molecule has 0 spiro atoms. The van der Waals surface area contributed by atoms with Crippen LogP contribution in [0.15, 0.2) is 36.4 Å². The second kappa shape index (κ2) is 6.82. The van der Waals surface area contributed by atoms with E-state index in [0.717, 1.165) is 25.1 Å². The third-order valence-corrected chi connectivity index (χ3v) is 5.86. The first-order valence-electron chi connectivity index (χ1n) is 9.12. The Bertz CT molecular complexity index is 911. The van der Waals surface area contributed by atoms with Crippen molar-refractivity contribution in [3.8, 4) is 6.07 Å². The molecule has 4 nitrogen and oxygen atoms in total. The summed E-state index contributed by atoms with van der Waals surface area (Å²) in [7, 11) is 1.96. The molecular weight excluding hydrogens is 348 g/mol. The highest BCUT2D eigenvalue weighted by Crippen LogP contribution is 2.48. The third-order valence-electron chi connectivity index (χ3n) is 5.86. The van der Waals surface area contributed by atoms with E-state index in [2.05, 4.69) is 9.80 Å². The molecule has 1 aliphatic heterocycles. The molecule has 2 fully saturated rings. The summed E-state index contributed by atoms with van der Waals surface area (Å²) >= 11 is 0. The van der Waals surface area contributed by atoms with Crippen molar-refractivity contribution in [3.05, 3.63) is 59.2 Å². The Morgan fingerprint density at radius 2 is 2.04 bits per heavy atom. The first-order valence-corrected chi connectivity index (χ1v) is 9.12. The van der Waals surface area contributed by atoms with Crippen molar-refractivity contribution in [1.82, 2.24) is 0 Å². The molecule has 0 amide bonds. The van der Waals surface area contributed by atoms with Gasteiger partial charge in [0.05, 0.1) is 23.9 Å². The van der Waals surface area contributed by atoms with Crippen LogP contribution in [-0.4, -0.2) is 30.8 Å². The maximum atomic E-state index is 14.4. The predicted molar refractivity (Wildman–Crippen MR) is 99.5 cm³/mol. The molecule has 0 radical (unpaired) electrons. The minimum Gasteiger partial charge on any atom is -0.392 e. The number of nitriles is 1. The SMILES string of the molecule is CN(c1ccc(CO)c(F)c1)C1CCN(c2ccc(C#N)cc2F)C2CC12. The van der Waals surface area contributed by atoms with Gasteiger partial charge in [-0.3, -0.25) is 0 Å². The summed E-state index contributed by atoms with van der Waals surface area (Å²) in [5.41, 5.74) is 1.97. The van der Waals surface area contributed by atoms with E-state index >= 15 is 0 Å². The summed E-state index contributed by atoms with van der Waals surface area (Å²) in [4.78, 5) is 4.20. The van der Waals surface area contributed by atoms with E-state index in [9.17, 15) is 8.78 Å². The minimum atomic E-state index is -0.397. The van der Waals surface area contributed by atoms with Crippen molar-refractivity contribution in [2.45, 2.75) is 31.5 Å². The Balaban J connectivity index is 1.50. The lowest BCUT2D eigenvalue weighted by atomic mass is 10.0. The number of nitrogens with zero attached hydrogens (tertiary/aromatic N) is 3. The van der Waals surface area contributed by atoms with Crippen molar-refractivity contribution in [2.75, 3.05) is 23.4 Å². The van der Waals surface area contributed by atoms with Gasteiger partial charge in [-0.05, 0) is 43.2 Å². The van der Waals surface area contributed by atoms with Crippen molar-refractivity contribution in [1.29, 1.82) is 5.26 Å². The number of piperidine rings is 1. The maximum absolute atomic E-state index is 14.4. The fraction of sp³-hybridized carbons (Fsp3) is 0.381. The minimum absolute atomic E-state index is 0.270. The van der Waals surface area contributed by atoms with Crippen LogP contribution >= 0.6 is 0 Å². The highest BCUT2D eigenvalue weighted by molar-refractivity contribution is 5.56. The molecule has 3 unspecified atom stereocenters. The van der Waals surface area contributed by atoms with Crippen molar-refractivity contribution >= 4 is 11.4 Å². The Morgan fingerprint density at radius 3 is 2.70 bits per heavy atom. The lowest BCUT2D eigenvalue weighted by Gasteiger charge is -2.38. The monoisotopic (exact) mass is 369 g/mol. The molecule has 0 aromatic heterocycles. The van der Waals surface area contributed by atoms with E-state index < -0.39 is 5.82 Å². The van der Waals surface area contributed by atoms with Crippen LogP contribution in [0.3, 0.4) is 0 Å². The first kappa shape index (κ1) is 17.7. The summed E-state index contributed by atoms with van der Waals surface area (Å²) in [6.07, 6.45) is 1.83. The molecule has 0 bridgehead atoms. The fourth-order valence-electron chi connectivity index (χ4n) is 4.29. The number of aliphatic hydroxyl groups excluding tert-OH is 1. The van der Waals surface area contributed by atoms with Crippen molar-refractivity contribution in [3.63, 3.8) is 0 Å². The van der Waals surface area contributed by atoms with Gasteiger partial charge < -0.3 is 14.9 Å². The summed E-state index contributed by atoms with van der Waals surface area (Å²) in [5, 5.41) is 18.0. The molecule has 2 aliphatic rings. The van der Waals surface area contributed by atoms with Crippen molar-refractivity contribution < 1.29 is 13.9 Å². The predicted octanol–water partition coefficient (Wildman–Crippen LogP) is 3.43. The summed E-state index contributed by atoms with van der Waals surface area (Å²) in [6, 6.07) is 12.1. The van der Waals surface area contributed by atoms with E-state index in [1.54, 1.807) is 18.2 Å². The van der Waals surface area contributed by atoms with Gasteiger partial charge in [-0.1, -0.05) is 6.07 Å². The van der Waals surface area contributed by atoms with Gasteiger partial charge in [0.15, 0.2) is 0 Å². The van der Waals surface area contributed by atoms with Gasteiger partial charge in [0.1, 0.15) is 11.6 Å². The number of rotatable bonds is 4. The molecule has 1 heterocycles. The second-order valence-electron chi connectivity index (χ2n) is 7.34. The summed E-state index contributed by atoms with van der Waals surface area (Å²) in [6.45, 7) is 0.408. The molecule has 1 aliphatic carbocycles. The van der Waals surface area contributed by atoms with Crippen LogP contribution < -0.4 is 9.80 Å². The van der Waals surface area contributed by atoms with Crippen LogP contribution in [-0.2, 0) is 6.61 Å². The highest BCUT2D eigenvalue weighted by atomic mass is 19.1. The third kappa shape index (κ3) is 3.13. The van der Waals surface area contributed by atoms with Gasteiger partial charge in [0.25, 0.3) is 0 Å². The smallest absolute Gasteiger partial charge is 0.147 e. The standard InChI is InChI=1S/C21H21F2N3O/c1-25(15-4-3-14(12-27)17(22)9-15)19-6-7-26(21-10-16(19)21)20-5-2-13(11-24)8-18(20)23/h2-5,8-9,16,19,21,27H,6-7,10,12H2,1H3. The maximum Gasteiger partial charge on any atom is 0.147 e. The quantitative estimate of drug-likeness (QED) is 0.897. The van der Waals surface area contributed by atoms with E-state index in [4.69, 9.17) is 10.4 Å². The number of aliphatic hydroxyl groups is 1. The lowest BCUT2D eigenvalue weighted by Crippen LogP contribution is -2.45. The molecule has 2 aromatic rings. The van der Waals surface area contributed by atoms with Gasteiger partial charge in [-0.15, -0.1) is 0 Å². The zero-order valence-electron chi connectivity index (χ0n) is 15.1. The van der Waals surface area contributed by atoms with Crippen LogP contribution in [0, 0.1) is 28.9 Å². The van der Waals surface area contributed by atoms with E-state index in [1.165, 1.54) is 12.1 Å². The number of anilines is 2. The van der Waals surface area contributed by atoms with E-state index in [0.29, 0.717) is 22.7 Å². The lowest BCUT2D eigenvalue weighted by molar-refractivity contribution is 0.275. The Morgan fingerprint density at radius 1 is 1.22 bits per heavy atom.